The quantitative estimate of drug-likeness (QED) is 0.610. The minimum absolute atomic E-state index is 0.177. The van der Waals surface area contributed by atoms with E-state index in [1.165, 1.54) is 17.0 Å². The molecule has 2 aliphatic heterocycles. The Balaban J connectivity index is 1.40. The fourth-order valence-corrected chi connectivity index (χ4v) is 5.47. The number of pyridine rings is 1. The van der Waals surface area contributed by atoms with Crippen LogP contribution in [0.4, 0.5) is 18.2 Å². The van der Waals surface area contributed by atoms with Gasteiger partial charge in [0.05, 0.1) is 16.6 Å². The second-order valence-corrected chi connectivity index (χ2v) is 9.77. The minimum Gasteiger partial charge on any atom is -0.366 e. The Bertz CT molecular complexity index is 1280. The lowest BCUT2D eigenvalue weighted by Crippen LogP contribution is -2.51. The van der Waals surface area contributed by atoms with Crippen molar-refractivity contribution in [2.24, 2.45) is 0 Å². The molecular formula is C25H25F3N4S. The van der Waals surface area contributed by atoms with Crippen LogP contribution in [0.5, 0.6) is 0 Å². The molecule has 0 bridgehead atoms. The van der Waals surface area contributed by atoms with Crippen molar-refractivity contribution in [3.63, 3.8) is 0 Å². The minimum atomic E-state index is -4.31. The Kier molecular flexibility index (Phi) is 5.88. The van der Waals surface area contributed by atoms with E-state index in [4.69, 9.17) is 4.98 Å². The molecule has 33 heavy (non-hydrogen) atoms. The number of nitrogens with zero attached hydrogens (tertiary/aromatic N) is 2. The predicted molar refractivity (Wildman–Crippen MR) is 126 cm³/mol. The summed E-state index contributed by atoms with van der Waals surface area (Å²) < 4.78 is 39.2. The molecule has 2 N–H and O–H groups in total. The van der Waals surface area contributed by atoms with Gasteiger partial charge in [0.2, 0.25) is 0 Å². The molecule has 172 valence electrons. The SMILES string of the molecule is Cc1cc2c(s1)NC=c1cccnc1=C2N1CCNC(CCc2cccc(C(F)(F)F)c2)C1. The molecule has 1 saturated heterocycles. The van der Waals surface area contributed by atoms with E-state index in [1.54, 1.807) is 17.4 Å². The van der Waals surface area contributed by atoms with Crippen LogP contribution in [0.2, 0.25) is 0 Å². The predicted octanol–water partition coefficient (Wildman–Crippen LogP) is 3.70. The van der Waals surface area contributed by atoms with Crippen LogP contribution < -0.4 is 21.2 Å². The van der Waals surface area contributed by atoms with Crippen LogP contribution in [-0.2, 0) is 12.6 Å². The molecule has 0 spiro atoms. The number of halogens is 3. The standard InChI is InChI=1S/C25H25F3N4S/c1-16-12-21-23(22-18(5-3-9-30-22)14-31-24(21)33-16)32-11-10-29-20(15-32)8-7-17-4-2-6-19(13-17)25(26,27)28/h2-6,9,12-14,20,29,31H,7-8,10-11,15H2,1H3. The zero-order chi connectivity index (χ0) is 23.0. The van der Waals surface area contributed by atoms with Gasteiger partial charge in [0.15, 0.2) is 0 Å². The molecule has 1 aromatic carbocycles. The Morgan fingerprint density at radius 3 is 2.91 bits per heavy atom. The van der Waals surface area contributed by atoms with Crippen LogP contribution in [0.3, 0.4) is 0 Å². The van der Waals surface area contributed by atoms with Gasteiger partial charge in [0, 0.05) is 53.7 Å². The van der Waals surface area contributed by atoms with E-state index in [1.807, 2.05) is 18.5 Å². The molecule has 1 atom stereocenters. The number of thiophene rings is 1. The fourth-order valence-electron chi connectivity index (χ4n) is 4.59. The van der Waals surface area contributed by atoms with Gasteiger partial charge in [0.1, 0.15) is 5.00 Å². The summed E-state index contributed by atoms with van der Waals surface area (Å²) in [4.78, 5) is 8.33. The second kappa shape index (κ2) is 8.83. The first-order valence-corrected chi connectivity index (χ1v) is 11.9. The van der Waals surface area contributed by atoms with Gasteiger partial charge in [-0.2, -0.15) is 13.2 Å². The summed E-state index contributed by atoms with van der Waals surface area (Å²) in [5.74, 6) is 0. The van der Waals surface area contributed by atoms with Crippen LogP contribution in [0.15, 0.2) is 48.7 Å². The number of hydrogen-bond donors (Lipinski definition) is 2. The van der Waals surface area contributed by atoms with Gasteiger partial charge < -0.3 is 15.5 Å². The summed E-state index contributed by atoms with van der Waals surface area (Å²) in [6, 6.07) is 12.0. The highest BCUT2D eigenvalue weighted by molar-refractivity contribution is 7.16. The number of anilines is 1. The number of benzene rings is 1. The molecule has 2 aromatic heterocycles. The number of nitrogens with one attached hydrogen (secondary N) is 2. The van der Waals surface area contributed by atoms with Crippen molar-refractivity contribution >= 4 is 28.2 Å². The van der Waals surface area contributed by atoms with E-state index < -0.39 is 11.7 Å². The summed E-state index contributed by atoms with van der Waals surface area (Å²) in [5.41, 5.74) is 2.41. The highest BCUT2D eigenvalue weighted by Gasteiger charge is 2.30. The highest BCUT2D eigenvalue weighted by Crippen LogP contribution is 2.34. The summed E-state index contributed by atoms with van der Waals surface area (Å²) in [5, 5.41) is 10.1. The van der Waals surface area contributed by atoms with E-state index in [0.29, 0.717) is 12.0 Å². The molecule has 4 nitrogen and oxygen atoms in total. The first kappa shape index (κ1) is 22.0. The van der Waals surface area contributed by atoms with E-state index >= 15 is 0 Å². The number of aryl methyl sites for hydroxylation is 2. The van der Waals surface area contributed by atoms with Crippen LogP contribution in [-0.4, -0.2) is 35.6 Å². The lowest BCUT2D eigenvalue weighted by Gasteiger charge is -2.36. The lowest BCUT2D eigenvalue weighted by molar-refractivity contribution is -0.137. The van der Waals surface area contributed by atoms with E-state index in [-0.39, 0.29) is 6.04 Å². The Labute approximate surface area is 194 Å². The molecule has 5 rings (SSSR count). The van der Waals surface area contributed by atoms with Crippen LogP contribution in [0.1, 0.15) is 28.0 Å². The number of hydrogen-bond acceptors (Lipinski definition) is 5. The van der Waals surface area contributed by atoms with E-state index in [2.05, 4.69) is 34.6 Å². The molecule has 0 amide bonds. The Morgan fingerprint density at radius 2 is 2.06 bits per heavy atom. The third-order valence-electron chi connectivity index (χ3n) is 6.14. The van der Waals surface area contributed by atoms with Gasteiger partial charge in [0.25, 0.3) is 0 Å². The maximum absolute atomic E-state index is 13.1. The molecule has 4 heterocycles. The molecular weight excluding hydrogens is 445 g/mol. The number of aromatic nitrogens is 1. The summed E-state index contributed by atoms with van der Waals surface area (Å²) in [6.07, 6.45) is 0.882. The van der Waals surface area contributed by atoms with Crippen molar-refractivity contribution in [1.29, 1.82) is 0 Å². The zero-order valence-corrected chi connectivity index (χ0v) is 19.1. The molecule has 1 unspecified atom stereocenters. The maximum atomic E-state index is 13.1. The zero-order valence-electron chi connectivity index (χ0n) is 18.2. The molecule has 3 aromatic rings. The van der Waals surface area contributed by atoms with Gasteiger partial charge in [-0.3, -0.25) is 4.98 Å². The molecule has 1 fully saturated rings. The van der Waals surface area contributed by atoms with Crippen molar-refractivity contribution in [3.05, 3.63) is 80.8 Å². The summed E-state index contributed by atoms with van der Waals surface area (Å²) in [7, 11) is 0. The Hall–Kier alpha value is -2.84. The van der Waals surface area contributed by atoms with Crippen molar-refractivity contribution in [3.8, 4) is 0 Å². The second-order valence-electron chi connectivity index (χ2n) is 8.51. The van der Waals surface area contributed by atoms with E-state index in [0.717, 1.165) is 59.0 Å². The van der Waals surface area contributed by atoms with Gasteiger partial charge in [-0.05, 0) is 49.6 Å². The van der Waals surface area contributed by atoms with Crippen LogP contribution >= 0.6 is 11.3 Å². The number of rotatable bonds is 4. The largest absolute Gasteiger partial charge is 0.416 e. The van der Waals surface area contributed by atoms with Crippen LogP contribution in [0, 0.1) is 6.92 Å². The molecule has 0 saturated carbocycles. The van der Waals surface area contributed by atoms with Crippen molar-refractivity contribution in [1.82, 2.24) is 15.2 Å². The third kappa shape index (κ3) is 4.63. The molecule has 2 aliphatic rings. The first-order chi connectivity index (χ1) is 15.9. The molecule has 0 radical (unpaired) electrons. The average Bonchev–Trinajstić information content (AvgIpc) is 3.10. The third-order valence-corrected chi connectivity index (χ3v) is 7.12. The normalized spacial score (nSPS) is 18.1. The van der Waals surface area contributed by atoms with Gasteiger partial charge in [-0.15, -0.1) is 11.3 Å². The number of fused-ring (bicyclic) bond motifs is 2. The average molecular weight is 471 g/mol. The fraction of sp³-hybridized carbons (Fsp3) is 0.320. The first-order valence-electron chi connectivity index (χ1n) is 11.1. The summed E-state index contributed by atoms with van der Waals surface area (Å²) >= 11 is 1.73. The molecule has 8 heteroatoms. The number of alkyl halides is 3. The van der Waals surface area contributed by atoms with Crippen LogP contribution in [0.25, 0.3) is 11.9 Å². The van der Waals surface area contributed by atoms with Crippen molar-refractivity contribution in [2.45, 2.75) is 32.0 Å². The summed E-state index contributed by atoms with van der Waals surface area (Å²) in [6.45, 7) is 4.54. The van der Waals surface area contributed by atoms with Crippen molar-refractivity contribution in [2.75, 3.05) is 25.0 Å². The Morgan fingerprint density at radius 1 is 1.18 bits per heavy atom. The maximum Gasteiger partial charge on any atom is 0.416 e. The lowest BCUT2D eigenvalue weighted by atomic mass is 10.0. The van der Waals surface area contributed by atoms with Gasteiger partial charge in [-0.25, -0.2) is 0 Å². The number of piperazine rings is 1. The topological polar surface area (TPSA) is 40.2 Å². The van der Waals surface area contributed by atoms with Gasteiger partial charge in [-0.1, -0.05) is 18.2 Å². The smallest absolute Gasteiger partial charge is 0.366 e. The van der Waals surface area contributed by atoms with Crippen molar-refractivity contribution < 1.29 is 13.2 Å². The highest BCUT2D eigenvalue weighted by atomic mass is 32.1. The molecule has 0 aliphatic carbocycles. The van der Waals surface area contributed by atoms with E-state index in [9.17, 15) is 13.2 Å². The monoisotopic (exact) mass is 470 g/mol. The van der Waals surface area contributed by atoms with Gasteiger partial charge >= 0.3 is 6.18 Å².